The fourth-order valence-corrected chi connectivity index (χ4v) is 3.88. The smallest absolute Gasteiger partial charge is 0.157 e. The van der Waals surface area contributed by atoms with Gasteiger partial charge in [-0.05, 0) is 36.4 Å². The van der Waals surface area contributed by atoms with Crippen LogP contribution in [0.2, 0.25) is 0 Å². The van der Waals surface area contributed by atoms with Crippen LogP contribution in [0.5, 0.6) is 0 Å². The molecule has 0 amide bonds. The molecule has 0 aliphatic heterocycles. The van der Waals surface area contributed by atoms with E-state index in [9.17, 15) is 0 Å². The number of thiophene rings is 1. The molecule has 0 aliphatic carbocycles. The highest BCUT2D eigenvalue weighted by Crippen LogP contribution is 2.34. The van der Waals surface area contributed by atoms with E-state index in [1.807, 2.05) is 12.1 Å². The van der Waals surface area contributed by atoms with Gasteiger partial charge in [0.1, 0.15) is 5.69 Å². The zero-order chi connectivity index (χ0) is 17.2. The summed E-state index contributed by atoms with van der Waals surface area (Å²) in [5, 5.41) is 16.9. The Kier molecular flexibility index (Phi) is 4.20. The van der Waals surface area contributed by atoms with Gasteiger partial charge in [-0.25, -0.2) is 0 Å². The SMILES string of the molecule is Cc1csc(-c2nnc(NC(C)c3ccccc3)c3ccccc23)c1. The number of aryl methyl sites for hydroxylation is 1. The van der Waals surface area contributed by atoms with Gasteiger partial charge in [0.2, 0.25) is 0 Å². The summed E-state index contributed by atoms with van der Waals surface area (Å²) >= 11 is 1.71. The second-order valence-electron chi connectivity index (χ2n) is 6.21. The minimum atomic E-state index is 0.161. The molecule has 25 heavy (non-hydrogen) atoms. The summed E-state index contributed by atoms with van der Waals surface area (Å²) in [5.41, 5.74) is 3.43. The molecule has 1 N–H and O–H groups in total. The van der Waals surface area contributed by atoms with Crippen LogP contribution in [0.25, 0.3) is 21.3 Å². The first-order valence-corrected chi connectivity index (χ1v) is 9.23. The summed E-state index contributed by atoms with van der Waals surface area (Å²) in [5.74, 6) is 0.823. The molecule has 0 bridgehead atoms. The molecular weight excluding hydrogens is 326 g/mol. The number of hydrogen-bond acceptors (Lipinski definition) is 4. The van der Waals surface area contributed by atoms with E-state index in [1.54, 1.807) is 11.3 Å². The van der Waals surface area contributed by atoms with Crippen molar-refractivity contribution < 1.29 is 0 Å². The van der Waals surface area contributed by atoms with E-state index in [1.165, 1.54) is 11.1 Å². The molecule has 0 saturated heterocycles. The van der Waals surface area contributed by atoms with Gasteiger partial charge in [0.25, 0.3) is 0 Å². The highest BCUT2D eigenvalue weighted by atomic mass is 32.1. The van der Waals surface area contributed by atoms with E-state index in [4.69, 9.17) is 0 Å². The molecule has 1 atom stereocenters. The number of benzene rings is 2. The van der Waals surface area contributed by atoms with Crippen molar-refractivity contribution in [3.8, 4) is 10.6 Å². The van der Waals surface area contributed by atoms with Gasteiger partial charge in [-0.3, -0.25) is 0 Å². The molecule has 1 unspecified atom stereocenters. The number of aromatic nitrogens is 2. The number of rotatable bonds is 4. The Bertz CT molecular complexity index is 1010. The molecule has 3 nitrogen and oxygen atoms in total. The van der Waals surface area contributed by atoms with Gasteiger partial charge in [0, 0.05) is 10.8 Å². The monoisotopic (exact) mass is 345 g/mol. The van der Waals surface area contributed by atoms with Crippen molar-refractivity contribution in [3.63, 3.8) is 0 Å². The van der Waals surface area contributed by atoms with Gasteiger partial charge in [0.05, 0.1) is 10.9 Å². The van der Waals surface area contributed by atoms with Crippen LogP contribution in [-0.2, 0) is 0 Å². The minimum absolute atomic E-state index is 0.161. The van der Waals surface area contributed by atoms with Crippen LogP contribution in [0.4, 0.5) is 5.82 Å². The van der Waals surface area contributed by atoms with Gasteiger partial charge >= 0.3 is 0 Å². The van der Waals surface area contributed by atoms with Gasteiger partial charge in [-0.1, -0.05) is 54.6 Å². The van der Waals surface area contributed by atoms with Crippen LogP contribution in [0, 0.1) is 6.92 Å². The number of nitrogens with zero attached hydrogens (tertiary/aromatic N) is 2. The van der Waals surface area contributed by atoms with Gasteiger partial charge in [-0.15, -0.1) is 21.5 Å². The lowest BCUT2D eigenvalue weighted by molar-refractivity contribution is 0.866. The number of nitrogens with one attached hydrogen (secondary N) is 1. The summed E-state index contributed by atoms with van der Waals surface area (Å²) in [6, 6.07) is 21.0. The van der Waals surface area contributed by atoms with E-state index in [0.29, 0.717) is 0 Å². The van der Waals surface area contributed by atoms with Gasteiger partial charge in [0.15, 0.2) is 5.82 Å². The molecule has 0 spiro atoms. The minimum Gasteiger partial charge on any atom is -0.362 e. The first-order valence-electron chi connectivity index (χ1n) is 8.35. The lowest BCUT2D eigenvalue weighted by Gasteiger charge is -2.16. The molecule has 124 valence electrons. The molecule has 2 aromatic heterocycles. The second kappa shape index (κ2) is 6.65. The highest BCUT2D eigenvalue weighted by molar-refractivity contribution is 7.13. The van der Waals surface area contributed by atoms with Crippen LogP contribution in [0.15, 0.2) is 66.0 Å². The Labute approximate surface area is 151 Å². The topological polar surface area (TPSA) is 37.8 Å². The maximum Gasteiger partial charge on any atom is 0.157 e. The van der Waals surface area contributed by atoms with Crippen LogP contribution in [0.1, 0.15) is 24.1 Å². The van der Waals surface area contributed by atoms with Crippen LogP contribution in [-0.4, -0.2) is 10.2 Å². The zero-order valence-electron chi connectivity index (χ0n) is 14.2. The standard InChI is InChI=1S/C21H19N3S/c1-14-12-19(25-13-14)20-17-10-6-7-11-18(17)21(24-23-20)22-15(2)16-8-4-3-5-9-16/h3-13,15H,1-2H3,(H,22,24). The third-order valence-corrected chi connectivity index (χ3v) is 5.36. The van der Waals surface area contributed by atoms with E-state index < -0.39 is 0 Å². The Morgan fingerprint density at radius 1 is 0.920 bits per heavy atom. The van der Waals surface area contributed by atoms with Crippen molar-refractivity contribution in [2.75, 3.05) is 5.32 Å². The maximum absolute atomic E-state index is 4.54. The fourth-order valence-electron chi connectivity index (χ4n) is 2.98. The van der Waals surface area contributed by atoms with Crippen molar-refractivity contribution in [2.45, 2.75) is 19.9 Å². The first kappa shape index (κ1) is 15.8. The van der Waals surface area contributed by atoms with Crippen molar-refractivity contribution in [2.24, 2.45) is 0 Å². The maximum atomic E-state index is 4.54. The van der Waals surface area contributed by atoms with Crippen LogP contribution in [0.3, 0.4) is 0 Å². The number of anilines is 1. The Balaban J connectivity index is 1.76. The molecule has 2 aromatic carbocycles. The predicted octanol–water partition coefficient (Wildman–Crippen LogP) is 5.84. The fraction of sp³-hybridized carbons (Fsp3) is 0.143. The highest BCUT2D eigenvalue weighted by Gasteiger charge is 2.14. The molecule has 0 saturated carbocycles. The largest absolute Gasteiger partial charge is 0.362 e. The Morgan fingerprint density at radius 3 is 2.36 bits per heavy atom. The lowest BCUT2D eigenvalue weighted by atomic mass is 10.1. The summed E-state index contributed by atoms with van der Waals surface area (Å²) < 4.78 is 0. The first-order chi connectivity index (χ1) is 12.2. The number of fused-ring (bicyclic) bond motifs is 1. The third kappa shape index (κ3) is 3.13. The van der Waals surface area contributed by atoms with Crippen molar-refractivity contribution in [1.82, 2.24) is 10.2 Å². The predicted molar refractivity (Wildman–Crippen MR) is 106 cm³/mol. The van der Waals surface area contributed by atoms with Crippen LogP contribution < -0.4 is 5.32 Å². The normalized spacial score (nSPS) is 12.2. The number of hydrogen-bond donors (Lipinski definition) is 1. The van der Waals surface area contributed by atoms with Crippen molar-refractivity contribution in [3.05, 3.63) is 77.2 Å². The molecule has 0 fully saturated rings. The van der Waals surface area contributed by atoms with E-state index >= 15 is 0 Å². The molecule has 4 rings (SSSR count). The van der Waals surface area contributed by atoms with E-state index in [-0.39, 0.29) is 6.04 Å². The molecule has 0 radical (unpaired) electrons. The van der Waals surface area contributed by atoms with E-state index in [2.05, 4.69) is 83.3 Å². The molecular formula is C21H19N3S. The Hall–Kier alpha value is -2.72. The second-order valence-corrected chi connectivity index (χ2v) is 7.12. The molecule has 4 heteroatoms. The average molecular weight is 345 g/mol. The summed E-state index contributed by atoms with van der Waals surface area (Å²) in [6.07, 6.45) is 0. The molecule has 0 aliphatic rings. The third-order valence-electron chi connectivity index (χ3n) is 4.30. The summed E-state index contributed by atoms with van der Waals surface area (Å²) in [6.45, 7) is 4.25. The van der Waals surface area contributed by atoms with Crippen molar-refractivity contribution >= 4 is 27.9 Å². The quantitative estimate of drug-likeness (QED) is 0.505. The summed E-state index contributed by atoms with van der Waals surface area (Å²) in [7, 11) is 0. The van der Waals surface area contributed by atoms with Crippen molar-refractivity contribution in [1.29, 1.82) is 0 Å². The zero-order valence-corrected chi connectivity index (χ0v) is 15.0. The molecule has 2 heterocycles. The van der Waals surface area contributed by atoms with Crippen LogP contribution >= 0.6 is 11.3 Å². The Morgan fingerprint density at radius 2 is 1.64 bits per heavy atom. The average Bonchev–Trinajstić information content (AvgIpc) is 3.09. The molecule has 4 aromatic rings. The van der Waals surface area contributed by atoms with E-state index in [0.717, 1.165) is 27.2 Å². The summed E-state index contributed by atoms with van der Waals surface area (Å²) in [4.78, 5) is 1.16. The lowest BCUT2D eigenvalue weighted by Crippen LogP contribution is -2.09. The van der Waals surface area contributed by atoms with Gasteiger partial charge < -0.3 is 5.32 Å². The van der Waals surface area contributed by atoms with Gasteiger partial charge in [-0.2, -0.15) is 0 Å².